The van der Waals surface area contributed by atoms with Gasteiger partial charge in [0, 0.05) is 19.6 Å². The van der Waals surface area contributed by atoms with Crippen molar-refractivity contribution in [2.45, 2.75) is 13.1 Å². The molecule has 0 bridgehead atoms. The SMILES string of the molecule is COc1cncnc1-c1ncc2n1CCNC2. The van der Waals surface area contributed by atoms with Crippen LogP contribution in [0.15, 0.2) is 18.7 Å². The van der Waals surface area contributed by atoms with E-state index in [1.807, 2.05) is 6.20 Å². The van der Waals surface area contributed by atoms with Crippen molar-refractivity contribution in [2.75, 3.05) is 13.7 Å². The number of rotatable bonds is 2. The fourth-order valence-electron chi connectivity index (χ4n) is 2.03. The van der Waals surface area contributed by atoms with Gasteiger partial charge in [-0.1, -0.05) is 0 Å². The van der Waals surface area contributed by atoms with Crippen LogP contribution in [-0.2, 0) is 13.1 Å². The van der Waals surface area contributed by atoms with Crippen LogP contribution in [0.5, 0.6) is 5.75 Å². The van der Waals surface area contributed by atoms with Crippen molar-refractivity contribution in [1.82, 2.24) is 24.8 Å². The van der Waals surface area contributed by atoms with Crippen LogP contribution < -0.4 is 10.1 Å². The molecule has 0 amide bonds. The zero-order valence-electron chi connectivity index (χ0n) is 9.55. The zero-order valence-corrected chi connectivity index (χ0v) is 9.55. The first kappa shape index (κ1) is 10.2. The molecule has 6 nitrogen and oxygen atoms in total. The molecule has 0 radical (unpaired) electrons. The third-order valence-corrected chi connectivity index (χ3v) is 2.87. The number of nitrogens with one attached hydrogen (secondary N) is 1. The molecule has 6 heteroatoms. The van der Waals surface area contributed by atoms with E-state index in [0.29, 0.717) is 5.75 Å². The summed E-state index contributed by atoms with van der Waals surface area (Å²) in [5.74, 6) is 1.50. The van der Waals surface area contributed by atoms with E-state index in [-0.39, 0.29) is 0 Å². The van der Waals surface area contributed by atoms with Gasteiger partial charge in [-0.3, -0.25) is 0 Å². The first-order valence-electron chi connectivity index (χ1n) is 5.49. The lowest BCUT2D eigenvalue weighted by Crippen LogP contribution is -2.28. The summed E-state index contributed by atoms with van der Waals surface area (Å²) in [6, 6.07) is 0. The minimum absolute atomic E-state index is 0.652. The van der Waals surface area contributed by atoms with Gasteiger partial charge in [0.25, 0.3) is 0 Å². The Bertz CT molecular complexity index is 536. The molecule has 2 aromatic rings. The van der Waals surface area contributed by atoms with Crippen LogP contribution in [0.4, 0.5) is 0 Å². The third-order valence-electron chi connectivity index (χ3n) is 2.87. The van der Waals surface area contributed by atoms with Gasteiger partial charge in [0.15, 0.2) is 17.3 Å². The van der Waals surface area contributed by atoms with E-state index in [4.69, 9.17) is 4.74 Å². The smallest absolute Gasteiger partial charge is 0.166 e. The Kier molecular flexibility index (Phi) is 2.49. The molecule has 0 unspecified atom stereocenters. The topological polar surface area (TPSA) is 64.9 Å². The molecule has 88 valence electrons. The molecule has 1 aliphatic rings. The van der Waals surface area contributed by atoms with Gasteiger partial charge in [-0.25, -0.2) is 15.0 Å². The van der Waals surface area contributed by atoms with Crippen molar-refractivity contribution in [1.29, 1.82) is 0 Å². The Morgan fingerprint density at radius 3 is 3.18 bits per heavy atom. The molecule has 0 fully saturated rings. The van der Waals surface area contributed by atoms with Crippen LogP contribution in [0.2, 0.25) is 0 Å². The van der Waals surface area contributed by atoms with Gasteiger partial charge in [0.05, 0.1) is 25.2 Å². The van der Waals surface area contributed by atoms with Gasteiger partial charge in [0.2, 0.25) is 0 Å². The van der Waals surface area contributed by atoms with Crippen molar-refractivity contribution in [2.24, 2.45) is 0 Å². The molecule has 0 aliphatic carbocycles. The van der Waals surface area contributed by atoms with E-state index in [1.54, 1.807) is 13.3 Å². The van der Waals surface area contributed by atoms with Crippen molar-refractivity contribution >= 4 is 0 Å². The Balaban J connectivity index is 2.12. The molecule has 0 atom stereocenters. The molecular formula is C11H13N5O. The van der Waals surface area contributed by atoms with Crippen molar-refractivity contribution in [3.05, 3.63) is 24.4 Å². The van der Waals surface area contributed by atoms with Gasteiger partial charge >= 0.3 is 0 Å². The zero-order chi connectivity index (χ0) is 11.7. The average molecular weight is 231 g/mol. The Morgan fingerprint density at radius 2 is 2.29 bits per heavy atom. The van der Waals surface area contributed by atoms with E-state index < -0.39 is 0 Å². The summed E-state index contributed by atoms with van der Waals surface area (Å²) in [5, 5.41) is 3.31. The first-order valence-corrected chi connectivity index (χ1v) is 5.49. The molecule has 0 saturated carbocycles. The predicted octanol–water partition coefficient (Wildman–Crippen LogP) is 0.452. The van der Waals surface area contributed by atoms with Crippen LogP contribution in [0.1, 0.15) is 5.69 Å². The van der Waals surface area contributed by atoms with E-state index in [9.17, 15) is 0 Å². The normalized spacial score (nSPS) is 14.4. The second kappa shape index (κ2) is 4.14. The lowest BCUT2D eigenvalue weighted by Gasteiger charge is -2.17. The summed E-state index contributed by atoms with van der Waals surface area (Å²) in [4.78, 5) is 12.6. The minimum atomic E-state index is 0.652. The Hall–Kier alpha value is -1.95. The third kappa shape index (κ3) is 1.66. The maximum atomic E-state index is 5.27. The molecule has 3 heterocycles. The van der Waals surface area contributed by atoms with Gasteiger partial charge in [-0.2, -0.15) is 0 Å². The number of methoxy groups -OCH3 is 1. The van der Waals surface area contributed by atoms with Gasteiger partial charge < -0.3 is 14.6 Å². The number of nitrogens with zero attached hydrogens (tertiary/aromatic N) is 4. The second-order valence-electron chi connectivity index (χ2n) is 3.84. The summed E-state index contributed by atoms with van der Waals surface area (Å²) in [6.07, 6.45) is 5.05. The first-order chi connectivity index (χ1) is 8.40. The van der Waals surface area contributed by atoms with Gasteiger partial charge in [-0.05, 0) is 0 Å². The standard InChI is InChI=1S/C11H13N5O/c1-17-9-6-13-7-15-10(9)11-14-5-8-4-12-2-3-16(8)11/h5-7,12H,2-4H2,1H3. The molecule has 0 aromatic carbocycles. The maximum absolute atomic E-state index is 5.27. The summed E-state index contributed by atoms with van der Waals surface area (Å²) in [5.41, 5.74) is 1.92. The lowest BCUT2D eigenvalue weighted by atomic mass is 10.3. The van der Waals surface area contributed by atoms with Gasteiger partial charge in [-0.15, -0.1) is 0 Å². The molecule has 1 N–H and O–H groups in total. The maximum Gasteiger partial charge on any atom is 0.166 e. The second-order valence-corrected chi connectivity index (χ2v) is 3.84. The molecule has 1 aliphatic heterocycles. The van der Waals surface area contributed by atoms with Gasteiger partial charge in [0.1, 0.15) is 6.33 Å². The number of hydrogen-bond donors (Lipinski definition) is 1. The molecular weight excluding hydrogens is 218 g/mol. The monoisotopic (exact) mass is 231 g/mol. The highest BCUT2D eigenvalue weighted by molar-refractivity contribution is 5.59. The Labute approximate surface area is 98.7 Å². The summed E-state index contributed by atoms with van der Waals surface area (Å²) >= 11 is 0. The van der Waals surface area contributed by atoms with Crippen LogP contribution in [0.25, 0.3) is 11.5 Å². The molecule has 3 rings (SSSR count). The van der Waals surface area contributed by atoms with E-state index in [1.165, 1.54) is 12.0 Å². The quantitative estimate of drug-likeness (QED) is 0.813. The molecule has 17 heavy (non-hydrogen) atoms. The van der Waals surface area contributed by atoms with E-state index in [2.05, 4.69) is 24.8 Å². The fraction of sp³-hybridized carbons (Fsp3) is 0.364. The van der Waals surface area contributed by atoms with Crippen molar-refractivity contribution < 1.29 is 4.74 Å². The predicted molar refractivity (Wildman–Crippen MR) is 61.5 cm³/mol. The Morgan fingerprint density at radius 1 is 1.35 bits per heavy atom. The molecule has 0 spiro atoms. The van der Waals surface area contributed by atoms with Crippen molar-refractivity contribution in [3.8, 4) is 17.3 Å². The highest BCUT2D eigenvalue weighted by atomic mass is 16.5. The van der Waals surface area contributed by atoms with E-state index in [0.717, 1.165) is 31.2 Å². The summed E-state index contributed by atoms with van der Waals surface area (Å²) in [7, 11) is 1.61. The number of imidazole rings is 1. The molecule has 2 aromatic heterocycles. The number of ether oxygens (including phenoxy) is 1. The van der Waals surface area contributed by atoms with Crippen LogP contribution in [0, 0.1) is 0 Å². The van der Waals surface area contributed by atoms with E-state index >= 15 is 0 Å². The number of aromatic nitrogens is 4. The largest absolute Gasteiger partial charge is 0.493 e. The highest BCUT2D eigenvalue weighted by Gasteiger charge is 2.18. The van der Waals surface area contributed by atoms with Crippen LogP contribution in [0.3, 0.4) is 0 Å². The fourth-order valence-corrected chi connectivity index (χ4v) is 2.03. The minimum Gasteiger partial charge on any atom is -0.493 e. The van der Waals surface area contributed by atoms with Crippen LogP contribution in [-0.4, -0.2) is 33.2 Å². The number of fused-ring (bicyclic) bond motifs is 1. The lowest BCUT2D eigenvalue weighted by molar-refractivity contribution is 0.411. The summed E-state index contributed by atoms with van der Waals surface area (Å²) < 4.78 is 7.43. The number of hydrogen-bond acceptors (Lipinski definition) is 5. The summed E-state index contributed by atoms with van der Waals surface area (Å²) in [6.45, 7) is 2.70. The van der Waals surface area contributed by atoms with Crippen LogP contribution >= 0.6 is 0 Å². The van der Waals surface area contributed by atoms with Crippen molar-refractivity contribution in [3.63, 3.8) is 0 Å². The average Bonchev–Trinajstić information content (AvgIpc) is 2.82. The highest BCUT2D eigenvalue weighted by Crippen LogP contribution is 2.26. The molecule has 0 saturated heterocycles.